The molecule has 2 amide bonds. The molecule has 1 aromatic carbocycles. The first-order valence-electron chi connectivity index (χ1n) is 9.37. The first-order chi connectivity index (χ1) is 13.0. The average Bonchev–Trinajstić information content (AvgIpc) is 2.69. The minimum Gasteiger partial charge on any atom is -0.368 e. The van der Waals surface area contributed by atoms with Crippen LogP contribution in [0.2, 0.25) is 0 Å². The normalized spacial score (nSPS) is 14.3. The van der Waals surface area contributed by atoms with E-state index in [1.54, 1.807) is 24.5 Å². The maximum atomic E-state index is 12.2. The second kappa shape index (κ2) is 8.66. The Balaban J connectivity index is 1.54. The number of carbonyl (C=O) groups excluding carboxylic acids is 2. The third kappa shape index (κ3) is 5.06. The van der Waals surface area contributed by atoms with Gasteiger partial charge in [-0.15, -0.1) is 0 Å². The minimum atomic E-state index is -0.173. The summed E-state index contributed by atoms with van der Waals surface area (Å²) < 4.78 is 0. The highest BCUT2D eigenvalue weighted by Crippen LogP contribution is 2.20. The van der Waals surface area contributed by atoms with Gasteiger partial charge < -0.3 is 15.1 Å². The quantitative estimate of drug-likeness (QED) is 0.883. The fourth-order valence-corrected chi connectivity index (χ4v) is 3.15. The second-order valence-corrected chi connectivity index (χ2v) is 7.21. The molecule has 1 aliphatic rings. The molecule has 1 N–H and O–H groups in total. The van der Waals surface area contributed by atoms with Gasteiger partial charge in [0.25, 0.3) is 5.91 Å². The van der Waals surface area contributed by atoms with Crippen LogP contribution in [0.4, 0.5) is 11.4 Å². The number of hydrogen-bond acceptors (Lipinski definition) is 4. The highest BCUT2D eigenvalue weighted by atomic mass is 16.2. The van der Waals surface area contributed by atoms with Gasteiger partial charge in [0.1, 0.15) is 0 Å². The van der Waals surface area contributed by atoms with E-state index < -0.39 is 0 Å². The maximum Gasteiger partial charge on any atom is 0.257 e. The third-order valence-electron chi connectivity index (χ3n) is 4.63. The lowest BCUT2D eigenvalue weighted by Gasteiger charge is -2.36. The summed E-state index contributed by atoms with van der Waals surface area (Å²) in [4.78, 5) is 32.5. The lowest BCUT2D eigenvalue weighted by molar-refractivity contribution is -0.132. The van der Waals surface area contributed by atoms with Gasteiger partial charge in [0.2, 0.25) is 5.91 Å². The van der Waals surface area contributed by atoms with Crippen molar-refractivity contribution in [3.8, 4) is 0 Å². The summed E-state index contributed by atoms with van der Waals surface area (Å²) in [5.74, 6) is 0.469. The van der Waals surface area contributed by atoms with Gasteiger partial charge >= 0.3 is 0 Å². The van der Waals surface area contributed by atoms with Crippen molar-refractivity contribution in [3.63, 3.8) is 0 Å². The molecule has 0 atom stereocenters. The number of pyridine rings is 1. The van der Waals surface area contributed by atoms with Crippen molar-refractivity contribution in [2.75, 3.05) is 36.4 Å². The van der Waals surface area contributed by atoms with Crippen LogP contribution in [0.5, 0.6) is 0 Å². The number of benzene rings is 1. The number of amides is 2. The SMILES string of the molecule is CC(C)CC(=O)N1CCN(c2ccc(NC(=O)c3cccnc3)cc2)CC1. The molecular weight excluding hydrogens is 340 g/mol. The zero-order chi connectivity index (χ0) is 19.2. The number of rotatable bonds is 5. The first kappa shape index (κ1) is 18.9. The Bertz CT molecular complexity index is 767. The Morgan fingerprint density at radius 2 is 1.78 bits per heavy atom. The van der Waals surface area contributed by atoms with Gasteiger partial charge in [-0.2, -0.15) is 0 Å². The van der Waals surface area contributed by atoms with Crippen LogP contribution >= 0.6 is 0 Å². The van der Waals surface area contributed by atoms with Gasteiger partial charge in [-0.1, -0.05) is 13.8 Å². The van der Waals surface area contributed by atoms with Gasteiger partial charge in [-0.25, -0.2) is 0 Å². The number of hydrogen-bond donors (Lipinski definition) is 1. The fraction of sp³-hybridized carbons (Fsp3) is 0.381. The maximum absolute atomic E-state index is 12.2. The Morgan fingerprint density at radius 3 is 2.37 bits per heavy atom. The standard InChI is InChI=1S/C21H26N4O2/c1-16(2)14-20(26)25-12-10-24(11-13-25)19-7-5-18(6-8-19)23-21(27)17-4-3-9-22-15-17/h3-9,15-16H,10-14H2,1-2H3,(H,23,27). The molecule has 0 bridgehead atoms. The summed E-state index contributed by atoms with van der Waals surface area (Å²) in [5, 5.41) is 2.88. The predicted octanol–water partition coefficient (Wildman–Crippen LogP) is 3.03. The molecule has 1 saturated heterocycles. The fourth-order valence-electron chi connectivity index (χ4n) is 3.15. The molecule has 0 radical (unpaired) electrons. The average molecular weight is 366 g/mol. The zero-order valence-corrected chi connectivity index (χ0v) is 15.9. The van der Waals surface area contributed by atoms with Crippen LogP contribution in [0, 0.1) is 5.92 Å². The van der Waals surface area contributed by atoms with Crippen LogP contribution < -0.4 is 10.2 Å². The topological polar surface area (TPSA) is 65.5 Å². The lowest BCUT2D eigenvalue weighted by Crippen LogP contribution is -2.49. The summed E-state index contributed by atoms with van der Waals surface area (Å²) in [6.45, 7) is 7.30. The van der Waals surface area contributed by atoms with E-state index in [1.165, 1.54) is 0 Å². The van der Waals surface area contributed by atoms with Crippen LogP contribution in [0.15, 0.2) is 48.8 Å². The third-order valence-corrected chi connectivity index (χ3v) is 4.63. The molecule has 1 fully saturated rings. The molecule has 142 valence electrons. The van der Waals surface area contributed by atoms with Crippen LogP contribution in [0.3, 0.4) is 0 Å². The molecule has 0 spiro atoms. The molecule has 3 rings (SSSR count). The Kier molecular flexibility index (Phi) is 6.06. The number of nitrogens with one attached hydrogen (secondary N) is 1. The summed E-state index contributed by atoms with van der Waals surface area (Å²) in [5.41, 5.74) is 2.38. The zero-order valence-electron chi connectivity index (χ0n) is 15.9. The van der Waals surface area contributed by atoms with Crippen LogP contribution in [-0.4, -0.2) is 47.9 Å². The predicted molar refractivity (Wildman–Crippen MR) is 107 cm³/mol. The van der Waals surface area contributed by atoms with E-state index in [-0.39, 0.29) is 11.8 Å². The van der Waals surface area contributed by atoms with Crippen molar-refractivity contribution in [2.45, 2.75) is 20.3 Å². The number of piperazine rings is 1. The molecule has 6 nitrogen and oxygen atoms in total. The van der Waals surface area contributed by atoms with Gasteiger partial charge in [-0.05, 0) is 42.3 Å². The lowest BCUT2D eigenvalue weighted by atomic mass is 10.1. The Hall–Kier alpha value is -2.89. The van der Waals surface area contributed by atoms with Gasteiger partial charge in [0.05, 0.1) is 5.56 Å². The van der Waals surface area contributed by atoms with Crippen molar-refractivity contribution in [2.24, 2.45) is 5.92 Å². The van der Waals surface area contributed by atoms with Gasteiger partial charge in [-0.3, -0.25) is 14.6 Å². The molecule has 0 aliphatic carbocycles. The smallest absolute Gasteiger partial charge is 0.257 e. The van der Waals surface area contributed by atoms with E-state index >= 15 is 0 Å². The molecule has 1 aliphatic heterocycles. The number of anilines is 2. The Labute approximate surface area is 160 Å². The van der Waals surface area contributed by atoms with E-state index in [9.17, 15) is 9.59 Å². The monoisotopic (exact) mass is 366 g/mol. The molecule has 0 unspecified atom stereocenters. The van der Waals surface area contributed by atoms with Crippen LogP contribution in [0.1, 0.15) is 30.6 Å². The number of nitrogens with zero attached hydrogens (tertiary/aromatic N) is 3. The van der Waals surface area contributed by atoms with E-state index in [4.69, 9.17) is 0 Å². The molecular formula is C21H26N4O2. The van der Waals surface area contributed by atoms with Crippen LogP contribution in [-0.2, 0) is 4.79 Å². The first-order valence-corrected chi connectivity index (χ1v) is 9.37. The summed E-state index contributed by atoms with van der Waals surface area (Å²) in [6, 6.07) is 11.3. The van der Waals surface area contributed by atoms with Gasteiger partial charge in [0.15, 0.2) is 0 Å². The van der Waals surface area contributed by atoms with Crippen molar-refractivity contribution >= 4 is 23.2 Å². The highest BCUT2D eigenvalue weighted by Gasteiger charge is 2.21. The number of carbonyl (C=O) groups is 2. The summed E-state index contributed by atoms with van der Waals surface area (Å²) in [6.07, 6.45) is 3.80. The Morgan fingerprint density at radius 1 is 1.07 bits per heavy atom. The summed E-state index contributed by atoms with van der Waals surface area (Å²) in [7, 11) is 0. The van der Waals surface area contributed by atoms with Crippen molar-refractivity contribution in [1.82, 2.24) is 9.88 Å². The largest absolute Gasteiger partial charge is 0.368 e. The van der Waals surface area contributed by atoms with Crippen molar-refractivity contribution in [1.29, 1.82) is 0 Å². The van der Waals surface area contributed by atoms with Crippen LogP contribution in [0.25, 0.3) is 0 Å². The van der Waals surface area contributed by atoms with E-state index in [0.717, 1.165) is 37.6 Å². The van der Waals surface area contributed by atoms with E-state index in [2.05, 4.69) is 29.0 Å². The molecule has 1 aromatic heterocycles. The van der Waals surface area contributed by atoms with Gasteiger partial charge in [0, 0.05) is 56.4 Å². The highest BCUT2D eigenvalue weighted by molar-refractivity contribution is 6.04. The molecule has 6 heteroatoms. The van der Waals surface area contributed by atoms with E-state index in [0.29, 0.717) is 17.9 Å². The molecule has 2 heterocycles. The molecule has 0 saturated carbocycles. The number of aromatic nitrogens is 1. The second-order valence-electron chi connectivity index (χ2n) is 7.21. The summed E-state index contributed by atoms with van der Waals surface area (Å²) >= 11 is 0. The molecule has 27 heavy (non-hydrogen) atoms. The minimum absolute atomic E-state index is 0.173. The van der Waals surface area contributed by atoms with Crippen molar-refractivity contribution in [3.05, 3.63) is 54.4 Å². The van der Waals surface area contributed by atoms with Crippen molar-refractivity contribution < 1.29 is 9.59 Å². The molecule has 2 aromatic rings. The van der Waals surface area contributed by atoms with E-state index in [1.807, 2.05) is 29.2 Å².